The molecule has 0 fully saturated rings. The van der Waals surface area contributed by atoms with Gasteiger partial charge in [-0.2, -0.15) is 0 Å². The van der Waals surface area contributed by atoms with Gasteiger partial charge in [0, 0.05) is 12.0 Å². The number of carbonyl (C=O) groups excluding carboxylic acids is 1. The Morgan fingerprint density at radius 3 is 2.22 bits per heavy atom. The highest BCUT2D eigenvalue weighted by atomic mass is 16.3. The van der Waals surface area contributed by atoms with Crippen molar-refractivity contribution in [1.29, 1.82) is 0 Å². The molecular formula is C15H31NO2. The van der Waals surface area contributed by atoms with Crippen LogP contribution in [0.2, 0.25) is 0 Å². The molecule has 0 bridgehead atoms. The molecule has 1 atom stereocenters. The lowest BCUT2D eigenvalue weighted by molar-refractivity contribution is -0.131. The number of hydrogen-bond acceptors (Lipinski definition) is 2. The van der Waals surface area contributed by atoms with E-state index in [4.69, 9.17) is 5.11 Å². The van der Waals surface area contributed by atoms with Crippen LogP contribution in [-0.4, -0.2) is 24.2 Å². The SMILES string of the molecule is CCCCCCC(C)(CCCC)C(=O)NCCO. The van der Waals surface area contributed by atoms with Crippen molar-refractivity contribution in [3.8, 4) is 0 Å². The molecule has 0 radical (unpaired) electrons. The van der Waals surface area contributed by atoms with Gasteiger partial charge in [-0.3, -0.25) is 4.79 Å². The fourth-order valence-corrected chi connectivity index (χ4v) is 2.24. The zero-order valence-electron chi connectivity index (χ0n) is 12.4. The van der Waals surface area contributed by atoms with Gasteiger partial charge < -0.3 is 10.4 Å². The van der Waals surface area contributed by atoms with Crippen molar-refractivity contribution in [3.63, 3.8) is 0 Å². The van der Waals surface area contributed by atoms with Crippen LogP contribution in [0.5, 0.6) is 0 Å². The number of carbonyl (C=O) groups is 1. The van der Waals surface area contributed by atoms with E-state index in [2.05, 4.69) is 26.1 Å². The third-order valence-electron chi connectivity index (χ3n) is 3.61. The summed E-state index contributed by atoms with van der Waals surface area (Å²) in [6.45, 7) is 6.82. The van der Waals surface area contributed by atoms with Gasteiger partial charge in [-0.1, -0.05) is 59.3 Å². The Morgan fingerprint density at radius 2 is 1.67 bits per heavy atom. The zero-order valence-corrected chi connectivity index (χ0v) is 12.4. The Hall–Kier alpha value is -0.570. The zero-order chi connectivity index (χ0) is 13.9. The molecule has 0 saturated heterocycles. The predicted molar refractivity (Wildman–Crippen MR) is 76.5 cm³/mol. The summed E-state index contributed by atoms with van der Waals surface area (Å²) in [6, 6.07) is 0. The summed E-state index contributed by atoms with van der Waals surface area (Å²) in [7, 11) is 0. The Morgan fingerprint density at radius 1 is 1.06 bits per heavy atom. The van der Waals surface area contributed by atoms with Gasteiger partial charge >= 0.3 is 0 Å². The number of nitrogens with one attached hydrogen (secondary N) is 1. The standard InChI is InChI=1S/C15H31NO2/c1-4-6-8-9-11-15(3,10-7-5-2)14(18)16-12-13-17/h17H,4-13H2,1-3H3,(H,16,18). The van der Waals surface area contributed by atoms with Crippen molar-refractivity contribution in [2.45, 2.75) is 72.1 Å². The van der Waals surface area contributed by atoms with Gasteiger partial charge in [0.1, 0.15) is 0 Å². The Balaban J connectivity index is 4.26. The number of aliphatic hydroxyl groups is 1. The van der Waals surface area contributed by atoms with Crippen LogP contribution in [0.1, 0.15) is 72.1 Å². The Kier molecular flexibility index (Phi) is 10.0. The quantitative estimate of drug-likeness (QED) is 0.558. The summed E-state index contributed by atoms with van der Waals surface area (Å²) in [6.07, 6.45) is 8.95. The molecule has 2 N–H and O–H groups in total. The minimum Gasteiger partial charge on any atom is -0.395 e. The second-order valence-electron chi connectivity index (χ2n) is 5.45. The van der Waals surface area contributed by atoms with Gasteiger partial charge in [-0.15, -0.1) is 0 Å². The largest absolute Gasteiger partial charge is 0.395 e. The van der Waals surface area contributed by atoms with E-state index in [1.807, 2.05) is 0 Å². The van der Waals surface area contributed by atoms with Gasteiger partial charge in [0.25, 0.3) is 0 Å². The van der Waals surface area contributed by atoms with Crippen molar-refractivity contribution in [2.24, 2.45) is 5.41 Å². The van der Waals surface area contributed by atoms with Gasteiger partial charge in [-0.25, -0.2) is 0 Å². The highest BCUT2D eigenvalue weighted by Gasteiger charge is 2.31. The maximum absolute atomic E-state index is 12.2. The van der Waals surface area contributed by atoms with E-state index >= 15 is 0 Å². The van der Waals surface area contributed by atoms with Crippen LogP contribution in [0.25, 0.3) is 0 Å². The average Bonchev–Trinajstić information content (AvgIpc) is 2.38. The second kappa shape index (κ2) is 10.4. The molecule has 0 rings (SSSR count). The second-order valence-corrected chi connectivity index (χ2v) is 5.45. The van der Waals surface area contributed by atoms with E-state index in [0.29, 0.717) is 6.54 Å². The molecule has 0 saturated carbocycles. The normalized spacial score (nSPS) is 14.2. The van der Waals surface area contributed by atoms with E-state index in [0.717, 1.165) is 32.1 Å². The molecule has 3 nitrogen and oxygen atoms in total. The Labute approximate surface area is 112 Å². The minimum atomic E-state index is -0.251. The van der Waals surface area contributed by atoms with E-state index in [1.165, 1.54) is 19.3 Å². The highest BCUT2D eigenvalue weighted by molar-refractivity contribution is 5.82. The summed E-state index contributed by atoms with van der Waals surface area (Å²) in [5, 5.41) is 11.6. The average molecular weight is 257 g/mol. The molecule has 0 aromatic rings. The molecule has 0 heterocycles. The van der Waals surface area contributed by atoms with Crippen LogP contribution in [0.15, 0.2) is 0 Å². The molecule has 0 aliphatic heterocycles. The number of rotatable bonds is 11. The Bertz CT molecular complexity index is 219. The first-order valence-electron chi connectivity index (χ1n) is 7.50. The summed E-state index contributed by atoms with van der Waals surface area (Å²) < 4.78 is 0. The maximum atomic E-state index is 12.2. The lowest BCUT2D eigenvalue weighted by Gasteiger charge is -2.28. The number of amides is 1. The first-order valence-corrected chi connectivity index (χ1v) is 7.50. The number of unbranched alkanes of at least 4 members (excludes halogenated alkanes) is 4. The monoisotopic (exact) mass is 257 g/mol. The number of hydrogen-bond donors (Lipinski definition) is 2. The smallest absolute Gasteiger partial charge is 0.226 e. The van der Waals surface area contributed by atoms with Crippen LogP contribution in [-0.2, 0) is 4.79 Å². The third kappa shape index (κ3) is 7.00. The van der Waals surface area contributed by atoms with Crippen molar-refractivity contribution >= 4 is 5.91 Å². The summed E-state index contributed by atoms with van der Waals surface area (Å²) in [5.74, 6) is 0.112. The lowest BCUT2D eigenvalue weighted by Crippen LogP contribution is -2.40. The van der Waals surface area contributed by atoms with Gasteiger partial charge in [0.05, 0.1) is 6.61 Å². The van der Waals surface area contributed by atoms with Gasteiger partial charge in [0.2, 0.25) is 5.91 Å². The highest BCUT2D eigenvalue weighted by Crippen LogP contribution is 2.31. The topological polar surface area (TPSA) is 49.3 Å². The van der Waals surface area contributed by atoms with Crippen LogP contribution < -0.4 is 5.32 Å². The molecule has 0 aromatic carbocycles. The van der Waals surface area contributed by atoms with E-state index < -0.39 is 0 Å². The van der Waals surface area contributed by atoms with Crippen LogP contribution in [0.4, 0.5) is 0 Å². The van der Waals surface area contributed by atoms with E-state index in [-0.39, 0.29) is 17.9 Å². The molecule has 0 aliphatic rings. The first-order chi connectivity index (χ1) is 8.60. The molecule has 0 aliphatic carbocycles. The minimum absolute atomic E-state index is 0.0193. The maximum Gasteiger partial charge on any atom is 0.226 e. The first kappa shape index (κ1) is 17.4. The molecule has 1 amide bonds. The van der Waals surface area contributed by atoms with Crippen molar-refractivity contribution < 1.29 is 9.90 Å². The molecule has 0 aromatic heterocycles. The van der Waals surface area contributed by atoms with Crippen LogP contribution in [0.3, 0.4) is 0 Å². The molecule has 0 spiro atoms. The number of aliphatic hydroxyl groups excluding tert-OH is 1. The van der Waals surface area contributed by atoms with Crippen LogP contribution >= 0.6 is 0 Å². The lowest BCUT2D eigenvalue weighted by atomic mass is 9.79. The van der Waals surface area contributed by atoms with Crippen molar-refractivity contribution in [1.82, 2.24) is 5.32 Å². The van der Waals surface area contributed by atoms with Gasteiger partial charge in [0.15, 0.2) is 0 Å². The summed E-state index contributed by atoms with van der Waals surface area (Å²) in [4.78, 5) is 12.2. The molecule has 3 heteroatoms. The molecule has 108 valence electrons. The van der Waals surface area contributed by atoms with Crippen molar-refractivity contribution in [2.75, 3.05) is 13.2 Å². The fraction of sp³-hybridized carbons (Fsp3) is 0.933. The summed E-state index contributed by atoms with van der Waals surface area (Å²) in [5.41, 5.74) is -0.251. The molecular weight excluding hydrogens is 226 g/mol. The van der Waals surface area contributed by atoms with E-state index in [9.17, 15) is 4.79 Å². The summed E-state index contributed by atoms with van der Waals surface area (Å²) >= 11 is 0. The molecule has 1 unspecified atom stereocenters. The van der Waals surface area contributed by atoms with Gasteiger partial charge in [-0.05, 0) is 12.8 Å². The van der Waals surface area contributed by atoms with Crippen molar-refractivity contribution in [3.05, 3.63) is 0 Å². The van der Waals surface area contributed by atoms with Crippen LogP contribution in [0, 0.1) is 5.41 Å². The predicted octanol–water partition coefficient (Wildman–Crippen LogP) is 3.26. The third-order valence-corrected chi connectivity index (χ3v) is 3.61. The fourth-order valence-electron chi connectivity index (χ4n) is 2.24. The van der Waals surface area contributed by atoms with E-state index in [1.54, 1.807) is 0 Å². The molecule has 18 heavy (non-hydrogen) atoms.